The Morgan fingerprint density at radius 2 is 2.00 bits per heavy atom. The lowest BCUT2D eigenvalue weighted by molar-refractivity contribution is 0.0533. The molecule has 0 aliphatic heterocycles. The van der Waals surface area contributed by atoms with Crippen LogP contribution in [0.25, 0.3) is 6.08 Å². The summed E-state index contributed by atoms with van der Waals surface area (Å²) in [5, 5.41) is 11.5. The monoisotopic (exact) mass is 292 g/mol. The Morgan fingerprint density at radius 1 is 1.33 bits per heavy atom. The second-order valence-electron chi connectivity index (χ2n) is 5.48. The van der Waals surface area contributed by atoms with E-state index in [0.717, 1.165) is 0 Å². The van der Waals surface area contributed by atoms with Crippen LogP contribution in [-0.2, 0) is 4.74 Å². The fourth-order valence-corrected chi connectivity index (χ4v) is 1.55. The summed E-state index contributed by atoms with van der Waals surface area (Å²) in [7, 11) is 0. The van der Waals surface area contributed by atoms with Crippen molar-refractivity contribution in [1.82, 2.24) is 5.32 Å². The highest BCUT2D eigenvalue weighted by molar-refractivity contribution is 5.89. The predicted molar refractivity (Wildman–Crippen MR) is 81.1 cm³/mol. The van der Waals surface area contributed by atoms with Gasteiger partial charge in [0.25, 0.3) is 0 Å². The number of nitrogens with two attached hydrogens (primary N) is 1. The van der Waals surface area contributed by atoms with Crippen molar-refractivity contribution >= 4 is 23.8 Å². The first-order valence-electron chi connectivity index (χ1n) is 6.44. The Balaban J connectivity index is 2.58. The molecule has 1 amide bonds. The summed E-state index contributed by atoms with van der Waals surface area (Å²) < 4.78 is 5.08. The lowest BCUT2D eigenvalue weighted by Gasteiger charge is -2.19. The molecule has 6 heteroatoms. The first-order valence-corrected chi connectivity index (χ1v) is 6.44. The van der Waals surface area contributed by atoms with Crippen molar-refractivity contribution in [2.75, 3.05) is 12.3 Å². The third-order valence-electron chi connectivity index (χ3n) is 2.30. The summed E-state index contributed by atoms with van der Waals surface area (Å²) in [6.07, 6.45) is 2.86. The first kappa shape index (κ1) is 16.6. The number of carbonyl (C=O) groups is 2. The molecule has 0 aliphatic rings. The molecule has 1 aromatic rings. The van der Waals surface area contributed by atoms with E-state index in [1.54, 1.807) is 39.0 Å². The lowest BCUT2D eigenvalue weighted by atomic mass is 10.1. The van der Waals surface area contributed by atoms with Crippen LogP contribution in [0.2, 0.25) is 0 Å². The van der Waals surface area contributed by atoms with E-state index in [9.17, 15) is 9.59 Å². The fourth-order valence-electron chi connectivity index (χ4n) is 1.55. The van der Waals surface area contributed by atoms with Crippen molar-refractivity contribution in [3.05, 3.63) is 35.4 Å². The molecule has 0 heterocycles. The minimum atomic E-state index is -1.04. The molecule has 0 unspecified atom stereocenters. The van der Waals surface area contributed by atoms with Crippen LogP contribution < -0.4 is 11.1 Å². The van der Waals surface area contributed by atoms with Gasteiger partial charge in [0, 0.05) is 12.2 Å². The molecule has 0 saturated carbocycles. The molecule has 0 aliphatic carbocycles. The molecule has 0 aromatic heterocycles. The van der Waals surface area contributed by atoms with Gasteiger partial charge in [0.1, 0.15) is 5.60 Å². The van der Waals surface area contributed by atoms with Crippen LogP contribution in [0, 0.1) is 0 Å². The zero-order valence-electron chi connectivity index (χ0n) is 12.3. The van der Waals surface area contributed by atoms with E-state index in [0.29, 0.717) is 11.3 Å². The van der Waals surface area contributed by atoms with Gasteiger partial charge >= 0.3 is 12.1 Å². The second-order valence-corrected chi connectivity index (χ2v) is 5.48. The molecule has 0 radical (unpaired) electrons. The van der Waals surface area contributed by atoms with E-state index in [1.807, 2.05) is 0 Å². The number of carboxylic acids is 1. The molecule has 0 atom stereocenters. The van der Waals surface area contributed by atoms with Gasteiger partial charge in [-0.25, -0.2) is 9.59 Å². The van der Waals surface area contributed by atoms with Gasteiger partial charge in [0.2, 0.25) is 0 Å². The van der Waals surface area contributed by atoms with Crippen LogP contribution in [0.3, 0.4) is 0 Å². The largest absolute Gasteiger partial charge is 0.478 e. The maximum absolute atomic E-state index is 11.4. The molecule has 6 nitrogen and oxygen atoms in total. The van der Waals surface area contributed by atoms with Gasteiger partial charge in [-0.05, 0) is 44.5 Å². The van der Waals surface area contributed by atoms with E-state index >= 15 is 0 Å². The standard InChI is InChI=1S/C15H20N2O4/c1-15(2,3)21-14(20)17-6-4-5-10-7-11(13(18)19)9-12(16)8-10/h4-5,7-9H,6,16H2,1-3H3,(H,17,20)(H,18,19). The van der Waals surface area contributed by atoms with Crippen LogP contribution >= 0.6 is 0 Å². The maximum Gasteiger partial charge on any atom is 0.407 e. The number of aromatic carboxylic acids is 1. The van der Waals surface area contributed by atoms with Crippen LogP contribution in [0.1, 0.15) is 36.7 Å². The molecular formula is C15H20N2O4. The van der Waals surface area contributed by atoms with E-state index in [2.05, 4.69) is 5.32 Å². The lowest BCUT2D eigenvalue weighted by Crippen LogP contribution is -2.32. The average molecular weight is 292 g/mol. The summed E-state index contributed by atoms with van der Waals surface area (Å²) in [4.78, 5) is 22.3. The van der Waals surface area contributed by atoms with Crippen LogP contribution in [0.5, 0.6) is 0 Å². The zero-order chi connectivity index (χ0) is 16.0. The Kier molecular flexibility index (Phi) is 5.35. The highest BCUT2D eigenvalue weighted by Crippen LogP contribution is 2.13. The summed E-state index contributed by atoms with van der Waals surface area (Å²) in [5.41, 5.74) is 6.23. The number of carboxylic acid groups (broad SMARTS) is 1. The topological polar surface area (TPSA) is 102 Å². The molecule has 0 fully saturated rings. The summed E-state index contributed by atoms with van der Waals surface area (Å²) >= 11 is 0. The number of nitrogens with one attached hydrogen (secondary N) is 1. The molecule has 1 rings (SSSR count). The third kappa shape index (κ3) is 6.47. The quantitative estimate of drug-likeness (QED) is 0.740. The van der Waals surface area contributed by atoms with Gasteiger partial charge in [-0.3, -0.25) is 0 Å². The van der Waals surface area contributed by atoms with E-state index < -0.39 is 17.7 Å². The van der Waals surface area contributed by atoms with Crippen molar-refractivity contribution < 1.29 is 19.4 Å². The third-order valence-corrected chi connectivity index (χ3v) is 2.30. The molecule has 114 valence electrons. The Morgan fingerprint density at radius 3 is 2.57 bits per heavy atom. The minimum absolute atomic E-state index is 0.120. The van der Waals surface area contributed by atoms with Crippen molar-refractivity contribution in [3.63, 3.8) is 0 Å². The van der Waals surface area contributed by atoms with Gasteiger partial charge in [0.05, 0.1) is 5.56 Å². The molecular weight excluding hydrogens is 272 g/mol. The molecule has 0 bridgehead atoms. The first-order chi connectivity index (χ1) is 9.67. The van der Waals surface area contributed by atoms with Gasteiger partial charge < -0.3 is 20.9 Å². The SMILES string of the molecule is CC(C)(C)OC(=O)NCC=Cc1cc(N)cc(C(=O)O)c1. The number of hydrogen-bond donors (Lipinski definition) is 3. The number of rotatable bonds is 4. The normalized spacial score (nSPS) is 11.4. The van der Waals surface area contributed by atoms with E-state index in [1.165, 1.54) is 12.1 Å². The number of anilines is 1. The molecule has 4 N–H and O–H groups in total. The van der Waals surface area contributed by atoms with Crippen molar-refractivity contribution in [1.29, 1.82) is 0 Å². The number of alkyl carbamates (subject to hydrolysis) is 1. The van der Waals surface area contributed by atoms with Gasteiger partial charge in [-0.1, -0.05) is 12.2 Å². The maximum atomic E-state index is 11.4. The predicted octanol–water partition coefficient (Wildman–Crippen LogP) is 2.50. The second kappa shape index (κ2) is 6.78. The van der Waals surface area contributed by atoms with E-state index in [-0.39, 0.29) is 12.1 Å². The molecule has 0 spiro atoms. The van der Waals surface area contributed by atoms with Gasteiger partial charge in [-0.2, -0.15) is 0 Å². The van der Waals surface area contributed by atoms with Crippen LogP contribution in [-0.4, -0.2) is 29.3 Å². The molecule has 0 saturated heterocycles. The van der Waals surface area contributed by atoms with Crippen LogP contribution in [0.4, 0.5) is 10.5 Å². The van der Waals surface area contributed by atoms with Gasteiger partial charge in [0.15, 0.2) is 0 Å². The number of benzene rings is 1. The Hall–Kier alpha value is -2.50. The Bertz CT molecular complexity index is 559. The number of hydrogen-bond acceptors (Lipinski definition) is 4. The highest BCUT2D eigenvalue weighted by Gasteiger charge is 2.14. The zero-order valence-corrected chi connectivity index (χ0v) is 12.3. The molecule has 21 heavy (non-hydrogen) atoms. The highest BCUT2D eigenvalue weighted by atomic mass is 16.6. The van der Waals surface area contributed by atoms with Crippen molar-refractivity contribution in [3.8, 4) is 0 Å². The number of ether oxygens (including phenoxy) is 1. The van der Waals surface area contributed by atoms with E-state index in [4.69, 9.17) is 15.6 Å². The summed E-state index contributed by atoms with van der Waals surface area (Å²) in [6, 6.07) is 4.54. The minimum Gasteiger partial charge on any atom is -0.478 e. The summed E-state index contributed by atoms with van der Waals surface area (Å²) in [5.74, 6) is -1.04. The van der Waals surface area contributed by atoms with Gasteiger partial charge in [-0.15, -0.1) is 0 Å². The van der Waals surface area contributed by atoms with Crippen molar-refractivity contribution in [2.24, 2.45) is 0 Å². The fraction of sp³-hybridized carbons (Fsp3) is 0.333. The molecule has 1 aromatic carbocycles. The number of carbonyl (C=O) groups excluding carboxylic acids is 1. The van der Waals surface area contributed by atoms with Crippen LogP contribution in [0.15, 0.2) is 24.3 Å². The average Bonchev–Trinajstić information content (AvgIpc) is 2.31. The smallest absolute Gasteiger partial charge is 0.407 e. The Labute approximate surface area is 123 Å². The number of nitrogen functional groups attached to an aromatic ring is 1. The number of amides is 1. The van der Waals surface area contributed by atoms with Crippen molar-refractivity contribution in [2.45, 2.75) is 26.4 Å². The summed E-state index contributed by atoms with van der Waals surface area (Å²) in [6.45, 7) is 5.61.